The lowest BCUT2D eigenvalue weighted by Gasteiger charge is -2.12. The van der Waals surface area contributed by atoms with Gasteiger partial charge in [-0.2, -0.15) is 0 Å². The van der Waals surface area contributed by atoms with Gasteiger partial charge in [0.1, 0.15) is 11.1 Å². The first kappa shape index (κ1) is 15.2. The van der Waals surface area contributed by atoms with Gasteiger partial charge in [-0.25, -0.2) is 0 Å². The van der Waals surface area contributed by atoms with E-state index < -0.39 is 5.38 Å². The maximum absolute atomic E-state index is 12.4. The predicted molar refractivity (Wildman–Crippen MR) is 82.4 cm³/mol. The van der Waals surface area contributed by atoms with Crippen molar-refractivity contribution < 1.29 is 9.53 Å². The van der Waals surface area contributed by atoms with Crippen LogP contribution in [0.15, 0.2) is 42.5 Å². The second-order valence-electron chi connectivity index (χ2n) is 4.10. The molecule has 1 unspecified atom stereocenters. The lowest BCUT2D eigenvalue weighted by Crippen LogP contribution is -2.08. The molecule has 0 bridgehead atoms. The first-order valence-corrected chi connectivity index (χ1v) is 7.00. The van der Waals surface area contributed by atoms with Crippen molar-refractivity contribution in [3.8, 4) is 5.75 Å². The molecule has 20 heavy (non-hydrogen) atoms. The summed E-state index contributed by atoms with van der Waals surface area (Å²) in [5.41, 5.74) is 1.00. The molecule has 0 heterocycles. The zero-order chi connectivity index (χ0) is 14.7. The molecule has 2 nitrogen and oxygen atoms in total. The Labute approximate surface area is 132 Å². The Morgan fingerprint density at radius 1 is 1.10 bits per heavy atom. The van der Waals surface area contributed by atoms with Gasteiger partial charge in [-0.1, -0.05) is 53.5 Å². The SMILES string of the molecule is COc1cc(C(=O)C(Cl)c2ccccc2)c(Cl)cc1Cl. The van der Waals surface area contributed by atoms with Crippen LogP contribution in [0.4, 0.5) is 0 Å². The lowest BCUT2D eigenvalue weighted by atomic mass is 10.0. The maximum Gasteiger partial charge on any atom is 0.186 e. The summed E-state index contributed by atoms with van der Waals surface area (Å²) in [6, 6.07) is 12.1. The topological polar surface area (TPSA) is 26.3 Å². The van der Waals surface area contributed by atoms with E-state index >= 15 is 0 Å². The molecule has 2 rings (SSSR count). The smallest absolute Gasteiger partial charge is 0.186 e. The Hall–Kier alpha value is -1.22. The molecule has 5 heteroatoms. The van der Waals surface area contributed by atoms with Crippen LogP contribution in [0.3, 0.4) is 0 Å². The van der Waals surface area contributed by atoms with Gasteiger partial charge in [0.25, 0.3) is 0 Å². The van der Waals surface area contributed by atoms with Crippen molar-refractivity contribution >= 4 is 40.6 Å². The molecule has 0 fully saturated rings. The van der Waals surface area contributed by atoms with E-state index in [1.54, 1.807) is 12.1 Å². The number of hydrogen-bond acceptors (Lipinski definition) is 2. The molecule has 0 saturated carbocycles. The van der Waals surface area contributed by atoms with Crippen LogP contribution in [-0.2, 0) is 0 Å². The molecule has 0 saturated heterocycles. The summed E-state index contributed by atoms with van der Waals surface area (Å²) in [5, 5.41) is -0.207. The van der Waals surface area contributed by atoms with Crippen molar-refractivity contribution in [2.45, 2.75) is 5.38 Å². The highest BCUT2D eigenvalue weighted by molar-refractivity contribution is 6.40. The molecule has 0 N–H and O–H groups in total. The Morgan fingerprint density at radius 2 is 1.75 bits per heavy atom. The van der Waals surface area contributed by atoms with E-state index in [-0.39, 0.29) is 16.4 Å². The standard InChI is InChI=1S/C15H11Cl3O2/c1-20-13-7-10(11(16)8-12(13)17)15(19)14(18)9-5-3-2-4-6-9/h2-8,14H,1H3. The molecule has 0 amide bonds. The zero-order valence-electron chi connectivity index (χ0n) is 10.6. The first-order chi connectivity index (χ1) is 9.54. The zero-order valence-corrected chi connectivity index (χ0v) is 12.8. The van der Waals surface area contributed by atoms with Gasteiger partial charge < -0.3 is 4.74 Å². The summed E-state index contributed by atoms with van der Waals surface area (Å²) in [4.78, 5) is 12.4. The Morgan fingerprint density at radius 3 is 2.35 bits per heavy atom. The molecule has 0 aliphatic carbocycles. The van der Waals surface area contributed by atoms with Crippen molar-refractivity contribution in [2.75, 3.05) is 7.11 Å². The number of halogens is 3. The second kappa shape index (κ2) is 6.49. The maximum atomic E-state index is 12.4. The Kier molecular flexibility index (Phi) is 4.92. The van der Waals surface area contributed by atoms with Gasteiger partial charge in [-0.15, -0.1) is 11.6 Å². The van der Waals surface area contributed by atoms with E-state index in [0.717, 1.165) is 0 Å². The van der Waals surface area contributed by atoms with E-state index in [4.69, 9.17) is 39.5 Å². The minimum Gasteiger partial charge on any atom is -0.495 e. The van der Waals surface area contributed by atoms with Crippen LogP contribution in [0.2, 0.25) is 10.0 Å². The molecule has 0 aliphatic heterocycles. The van der Waals surface area contributed by atoms with Crippen LogP contribution < -0.4 is 4.74 Å². The van der Waals surface area contributed by atoms with Crippen molar-refractivity contribution in [2.24, 2.45) is 0 Å². The molecular weight excluding hydrogens is 319 g/mol. The van der Waals surface area contributed by atoms with E-state index in [1.165, 1.54) is 19.2 Å². The lowest BCUT2D eigenvalue weighted by molar-refractivity contribution is 0.0987. The summed E-state index contributed by atoms with van der Waals surface area (Å²) in [7, 11) is 1.47. The highest BCUT2D eigenvalue weighted by Crippen LogP contribution is 2.34. The fourth-order valence-corrected chi connectivity index (χ4v) is 2.60. The molecule has 1 atom stereocenters. The second-order valence-corrected chi connectivity index (χ2v) is 5.35. The van der Waals surface area contributed by atoms with E-state index in [1.807, 2.05) is 18.2 Å². The highest BCUT2D eigenvalue weighted by Gasteiger charge is 2.23. The van der Waals surface area contributed by atoms with Crippen LogP contribution in [0.5, 0.6) is 5.75 Å². The fourth-order valence-electron chi connectivity index (χ4n) is 1.78. The summed E-state index contributed by atoms with van der Waals surface area (Å²) in [6.07, 6.45) is 0. The van der Waals surface area contributed by atoms with Crippen molar-refractivity contribution in [1.29, 1.82) is 0 Å². The van der Waals surface area contributed by atoms with Gasteiger partial charge in [0.05, 0.1) is 17.2 Å². The third-order valence-corrected chi connectivity index (χ3v) is 3.89. The predicted octanol–water partition coefficient (Wildman–Crippen LogP) is 5.16. The molecular formula is C15H11Cl3O2. The average Bonchev–Trinajstić information content (AvgIpc) is 2.47. The summed E-state index contributed by atoms with van der Waals surface area (Å²) >= 11 is 18.2. The summed E-state index contributed by atoms with van der Waals surface area (Å²) in [6.45, 7) is 0. The quantitative estimate of drug-likeness (QED) is 0.572. The largest absolute Gasteiger partial charge is 0.495 e. The molecule has 0 radical (unpaired) electrons. The third kappa shape index (κ3) is 3.09. The number of ketones is 1. The Balaban J connectivity index is 2.39. The van der Waals surface area contributed by atoms with Crippen LogP contribution in [-0.4, -0.2) is 12.9 Å². The van der Waals surface area contributed by atoms with Gasteiger partial charge in [-0.05, 0) is 17.7 Å². The van der Waals surface area contributed by atoms with E-state index in [2.05, 4.69) is 0 Å². The minimum atomic E-state index is -0.806. The molecule has 0 spiro atoms. The van der Waals surface area contributed by atoms with Gasteiger partial charge in [-0.3, -0.25) is 4.79 Å². The molecule has 104 valence electrons. The molecule has 0 aromatic heterocycles. The summed E-state index contributed by atoms with van der Waals surface area (Å²) in [5.74, 6) is 0.0918. The van der Waals surface area contributed by atoms with Gasteiger partial charge in [0, 0.05) is 5.56 Å². The molecule has 0 aliphatic rings. The van der Waals surface area contributed by atoms with E-state index in [0.29, 0.717) is 16.3 Å². The number of carbonyl (C=O) groups excluding carboxylic acids is 1. The van der Waals surface area contributed by atoms with Crippen molar-refractivity contribution in [1.82, 2.24) is 0 Å². The normalized spacial score (nSPS) is 12.0. The Bertz CT molecular complexity index is 627. The number of Topliss-reactive ketones (excluding diaryl/α,β-unsaturated/α-hetero) is 1. The molecule has 2 aromatic carbocycles. The number of rotatable bonds is 4. The van der Waals surface area contributed by atoms with Crippen LogP contribution >= 0.6 is 34.8 Å². The first-order valence-electron chi connectivity index (χ1n) is 5.81. The van der Waals surface area contributed by atoms with Gasteiger partial charge in [0.15, 0.2) is 5.78 Å². The molecule has 2 aromatic rings. The highest BCUT2D eigenvalue weighted by atomic mass is 35.5. The number of carbonyl (C=O) groups is 1. The minimum absolute atomic E-state index is 0.252. The van der Waals surface area contributed by atoms with Crippen LogP contribution in [0.25, 0.3) is 0 Å². The fraction of sp³-hybridized carbons (Fsp3) is 0.133. The van der Waals surface area contributed by atoms with Crippen LogP contribution in [0, 0.1) is 0 Å². The van der Waals surface area contributed by atoms with Crippen molar-refractivity contribution in [3.05, 3.63) is 63.6 Å². The van der Waals surface area contributed by atoms with Gasteiger partial charge in [0.2, 0.25) is 0 Å². The number of ether oxygens (including phenoxy) is 1. The number of methoxy groups -OCH3 is 1. The number of hydrogen-bond donors (Lipinski definition) is 0. The average molecular weight is 330 g/mol. The number of benzene rings is 2. The van der Waals surface area contributed by atoms with Crippen molar-refractivity contribution in [3.63, 3.8) is 0 Å². The summed E-state index contributed by atoms with van der Waals surface area (Å²) < 4.78 is 5.09. The number of alkyl halides is 1. The van der Waals surface area contributed by atoms with Gasteiger partial charge >= 0.3 is 0 Å². The third-order valence-electron chi connectivity index (χ3n) is 2.83. The van der Waals surface area contributed by atoms with Crippen LogP contribution in [0.1, 0.15) is 21.3 Å². The monoisotopic (exact) mass is 328 g/mol. The van der Waals surface area contributed by atoms with E-state index in [9.17, 15) is 4.79 Å².